The van der Waals surface area contributed by atoms with E-state index in [1.54, 1.807) is 0 Å². The summed E-state index contributed by atoms with van der Waals surface area (Å²) in [5.41, 5.74) is -0.0399. The summed E-state index contributed by atoms with van der Waals surface area (Å²) in [7, 11) is 0. The molecule has 2 fully saturated rings. The smallest absolute Gasteiger partial charge is 0.262 e. The second-order valence-electron chi connectivity index (χ2n) is 10.5. The molecule has 7 nitrogen and oxygen atoms in total. The third-order valence-electron chi connectivity index (χ3n) is 7.82. The summed E-state index contributed by atoms with van der Waals surface area (Å²) in [5.74, 6) is -0.250. The van der Waals surface area contributed by atoms with E-state index < -0.39 is 11.6 Å². The van der Waals surface area contributed by atoms with E-state index in [1.165, 1.54) is 11.3 Å². The molecule has 3 aromatic rings. The van der Waals surface area contributed by atoms with E-state index in [0.717, 1.165) is 54.4 Å². The minimum atomic E-state index is -1.02. The van der Waals surface area contributed by atoms with Gasteiger partial charge in [0.05, 0.1) is 4.88 Å². The number of piperidine rings is 1. The molecule has 4 N–H and O–H groups in total. The molecule has 200 valence electrons. The highest BCUT2D eigenvalue weighted by Crippen LogP contribution is 2.32. The monoisotopic (exact) mass is 532 g/mol. The Balaban J connectivity index is 1.30. The fraction of sp³-hybridized carbons (Fsp3) is 0.433. The minimum Gasteiger partial charge on any atom is -0.354 e. The average Bonchev–Trinajstić information content (AvgIpc) is 3.61. The zero-order valence-electron chi connectivity index (χ0n) is 21.6. The fourth-order valence-electron chi connectivity index (χ4n) is 5.57. The Morgan fingerprint density at radius 1 is 0.974 bits per heavy atom. The van der Waals surface area contributed by atoms with Gasteiger partial charge in [-0.25, -0.2) is 0 Å². The van der Waals surface area contributed by atoms with Crippen LogP contribution in [0.1, 0.15) is 53.8 Å². The number of nitrogens with one attached hydrogen (secondary N) is 4. The van der Waals surface area contributed by atoms with Crippen molar-refractivity contribution in [2.24, 2.45) is 5.92 Å². The van der Waals surface area contributed by atoms with Crippen LogP contribution in [0.25, 0.3) is 10.1 Å². The maximum atomic E-state index is 13.8. The van der Waals surface area contributed by atoms with Gasteiger partial charge in [-0.1, -0.05) is 61.4 Å². The van der Waals surface area contributed by atoms with Gasteiger partial charge in [0.2, 0.25) is 11.8 Å². The standard InChI is InChI=1S/C30H36N4O3S/c35-27(32-20-22-12-16-31-17-13-22)24(18-21-8-2-1-3-9-21)33-29(37)30(14-6-7-15-30)34-28(36)26-19-23-10-4-5-11-25(23)38-26/h1-5,8-11,19,22,24,31H,6-7,12-18,20H2,(H,32,35)(H,33,37)(H,34,36)/t24-/m1/s1. The molecular weight excluding hydrogens is 496 g/mol. The van der Waals surface area contributed by atoms with Crippen molar-refractivity contribution in [3.8, 4) is 0 Å². The minimum absolute atomic E-state index is 0.176. The number of thiophene rings is 1. The second-order valence-corrected chi connectivity index (χ2v) is 11.6. The summed E-state index contributed by atoms with van der Waals surface area (Å²) < 4.78 is 1.04. The molecule has 0 radical (unpaired) electrons. The van der Waals surface area contributed by atoms with Crippen molar-refractivity contribution >= 4 is 39.1 Å². The Morgan fingerprint density at radius 2 is 1.68 bits per heavy atom. The molecule has 2 aromatic carbocycles. The molecule has 3 amide bonds. The summed E-state index contributed by atoms with van der Waals surface area (Å²) in [6.45, 7) is 2.54. The van der Waals surface area contributed by atoms with Crippen LogP contribution in [0.5, 0.6) is 0 Å². The fourth-order valence-corrected chi connectivity index (χ4v) is 6.53. The van der Waals surface area contributed by atoms with Crippen molar-refractivity contribution in [2.45, 2.75) is 56.5 Å². The molecule has 1 aromatic heterocycles. The highest BCUT2D eigenvalue weighted by atomic mass is 32.1. The molecular formula is C30H36N4O3S. The molecule has 1 atom stereocenters. The summed E-state index contributed by atoms with van der Waals surface area (Å²) in [5, 5.41) is 13.6. The Hall–Kier alpha value is -3.23. The van der Waals surface area contributed by atoms with Gasteiger partial charge in [-0.05, 0) is 67.8 Å². The summed E-state index contributed by atoms with van der Waals surface area (Å²) >= 11 is 1.43. The molecule has 0 unspecified atom stereocenters. The van der Waals surface area contributed by atoms with Crippen molar-refractivity contribution in [1.82, 2.24) is 21.3 Å². The van der Waals surface area contributed by atoms with Gasteiger partial charge in [-0.2, -0.15) is 0 Å². The van der Waals surface area contributed by atoms with Crippen LogP contribution in [0, 0.1) is 5.92 Å². The van der Waals surface area contributed by atoms with Crippen molar-refractivity contribution < 1.29 is 14.4 Å². The Labute approximate surface area is 227 Å². The molecule has 1 aliphatic heterocycles. The number of benzene rings is 2. The lowest BCUT2D eigenvalue weighted by Crippen LogP contribution is -2.61. The number of amides is 3. The van der Waals surface area contributed by atoms with E-state index in [4.69, 9.17) is 0 Å². The maximum Gasteiger partial charge on any atom is 0.262 e. The van der Waals surface area contributed by atoms with Crippen LogP contribution in [0.15, 0.2) is 60.7 Å². The van der Waals surface area contributed by atoms with Crippen molar-refractivity contribution in [2.75, 3.05) is 19.6 Å². The molecule has 1 aliphatic carbocycles. The van der Waals surface area contributed by atoms with E-state index in [9.17, 15) is 14.4 Å². The number of fused-ring (bicyclic) bond motifs is 1. The highest BCUT2D eigenvalue weighted by molar-refractivity contribution is 7.20. The van der Waals surface area contributed by atoms with Crippen LogP contribution < -0.4 is 21.3 Å². The zero-order chi connectivity index (χ0) is 26.4. The molecule has 8 heteroatoms. The summed E-state index contributed by atoms with van der Waals surface area (Å²) in [6, 6.07) is 18.8. The van der Waals surface area contributed by atoms with Gasteiger partial charge in [0.25, 0.3) is 5.91 Å². The van der Waals surface area contributed by atoms with Gasteiger partial charge in [0, 0.05) is 17.7 Å². The first kappa shape index (κ1) is 26.4. The molecule has 5 rings (SSSR count). The maximum absolute atomic E-state index is 13.8. The molecule has 0 bridgehead atoms. The largest absolute Gasteiger partial charge is 0.354 e. The second kappa shape index (κ2) is 12.1. The van der Waals surface area contributed by atoms with Crippen LogP contribution in [0.3, 0.4) is 0 Å². The summed E-state index contributed by atoms with van der Waals surface area (Å²) in [4.78, 5) is 41.1. The van der Waals surface area contributed by atoms with E-state index in [0.29, 0.717) is 36.6 Å². The van der Waals surface area contributed by atoms with Gasteiger partial charge < -0.3 is 21.3 Å². The normalized spacial score (nSPS) is 18.1. The third kappa shape index (κ3) is 6.25. The number of carbonyl (C=O) groups is 3. The Kier molecular flexibility index (Phi) is 8.39. The van der Waals surface area contributed by atoms with Crippen LogP contribution in [-0.4, -0.2) is 48.9 Å². The van der Waals surface area contributed by atoms with Gasteiger partial charge in [-0.3, -0.25) is 14.4 Å². The van der Waals surface area contributed by atoms with Crippen LogP contribution in [0.2, 0.25) is 0 Å². The predicted molar refractivity (Wildman–Crippen MR) is 151 cm³/mol. The van der Waals surface area contributed by atoms with Gasteiger partial charge >= 0.3 is 0 Å². The van der Waals surface area contributed by atoms with Crippen molar-refractivity contribution in [3.05, 3.63) is 71.1 Å². The third-order valence-corrected chi connectivity index (χ3v) is 8.94. The first-order valence-electron chi connectivity index (χ1n) is 13.7. The SMILES string of the molecule is O=C(NC1(C(=O)N[C@H](Cc2ccccc2)C(=O)NCC2CCNCC2)CCCC1)c1cc2ccccc2s1. The highest BCUT2D eigenvalue weighted by Gasteiger charge is 2.44. The number of hydrogen-bond donors (Lipinski definition) is 4. The van der Waals surface area contributed by atoms with Crippen LogP contribution in [0.4, 0.5) is 0 Å². The quantitative estimate of drug-likeness (QED) is 0.337. The molecule has 2 heterocycles. The van der Waals surface area contributed by atoms with E-state index >= 15 is 0 Å². The van der Waals surface area contributed by atoms with Crippen molar-refractivity contribution in [1.29, 1.82) is 0 Å². The van der Waals surface area contributed by atoms with Crippen LogP contribution >= 0.6 is 11.3 Å². The first-order chi connectivity index (χ1) is 18.5. The topological polar surface area (TPSA) is 99.3 Å². The lowest BCUT2D eigenvalue weighted by molar-refractivity contribution is -0.132. The Bertz CT molecular complexity index is 1230. The number of hydrogen-bond acceptors (Lipinski definition) is 5. The first-order valence-corrected chi connectivity index (χ1v) is 14.5. The molecule has 2 aliphatic rings. The van der Waals surface area contributed by atoms with Crippen molar-refractivity contribution in [3.63, 3.8) is 0 Å². The van der Waals surface area contributed by atoms with Gasteiger partial charge in [-0.15, -0.1) is 11.3 Å². The van der Waals surface area contributed by atoms with Crippen LogP contribution in [-0.2, 0) is 16.0 Å². The van der Waals surface area contributed by atoms with Gasteiger partial charge in [0.15, 0.2) is 0 Å². The molecule has 1 saturated carbocycles. The van der Waals surface area contributed by atoms with E-state index in [2.05, 4.69) is 21.3 Å². The predicted octanol–water partition coefficient (Wildman–Crippen LogP) is 3.79. The van der Waals surface area contributed by atoms with Gasteiger partial charge in [0.1, 0.15) is 11.6 Å². The summed E-state index contributed by atoms with van der Waals surface area (Å²) in [6.07, 6.45) is 5.28. The Morgan fingerprint density at radius 3 is 2.42 bits per heavy atom. The molecule has 1 saturated heterocycles. The molecule has 0 spiro atoms. The number of rotatable bonds is 9. The molecule has 38 heavy (non-hydrogen) atoms. The van der Waals surface area contributed by atoms with E-state index in [-0.39, 0.29) is 17.7 Å². The average molecular weight is 533 g/mol. The lowest BCUT2D eigenvalue weighted by Gasteiger charge is -2.31. The zero-order valence-corrected chi connectivity index (χ0v) is 22.4. The lowest BCUT2D eigenvalue weighted by atomic mass is 9.94. The number of carbonyl (C=O) groups excluding carboxylic acids is 3. The van der Waals surface area contributed by atoms with E-state index in [1.807, 2.05) is 60.7 Å².